The fourth-order valence-corrected chi connectivity index (χ4v) is 2.49. The maximum Gasteiger partial charge on any atom is 0.168 e. The van der Waals surface area contributed by atoms with Crippen LogP contribution in [0.15, 0.2) is 109 Å². The van der Waals surface area contributed by atoms with Crippen molar-refractivity contribution in [2.45, 2.75) is 19.6 Å². The number of carbonyl (C=O) groups excluding carboxylic acids is 1. The van der Waals surface area contributed by atoms with Crippen LogP contribution in [0, 0.1) is 0 Å². The third-order valence-electron chi connectivity index (χ3n) is 4.09. The fraction of sp³-hybridized carbons (Fsp3) is 0.115. The van der Waals surface area contributed by atoms with Crippen LogP contribution in [0.1, 0.15) is 27.3 Å². The first kappa shape index (κ1) is 23.6. The number of carbonyl (C=O) groups is 1. The SMILES string of the molecule is NCc1ccccc1.O=Cc1ccccn1.c1ccc(CNCc2ccccn2)cc1. The first-order chi connectivity index (χ1) is 15.3. The molecule has 0 unspecified atom stereocenters. The number of rotatable bonds is 6. The lowest BCUT2D eigenvalue weighted by Gasteiger charge is -2.03. The monoisotopic (exact) mass is 412 g/mol. The summed E-state index contributed by atoms with van der Waals surface area (Å²) in [4.78, 5) is 17.9. The molecule has 4 rings (SSSR count). The predicted octanol–water partition coefficient (Wildman–Crippen LogP) is 4.41. The predicted molar refractivity (Wildman–Crippen MR) is 125 cm³/mol. The largest absolute Gasteiger partial charge is 0.326 e. The average Bonchev–Trinajstić information content (AvgIpc) is 2.87. The summed E-state index contributed by atoms with van der Waals surface area (Å²) in [6.07, 6.45) is 4.13. The van der Waals surface area contributed by atoms with Gasteiger partial charge in [0.15, 0.2) is 6.29 Å². The molecule has 0 saturated heterocycles. The minimum atomic E-state index is 0.479. The van der Waals surface area contributed by atoms with Gasteiger partial charge in [-0.3, -0.25) is 14.8 Å². The van der Waals surface area contributed by atoms with Gasteiger partial charge >= 0.3 is 0 Å². The molecule has 4 aromatic rings. The zero-order chi connectivity index (χ0) is 22.0. The molecule has 0 aliphatic rings. The van der Waals surface area contributed by atoms with Gasteiger partial charge in [0.05, 0.1) is 5.69 Å². The van der Waals surface area contributed by atoms with Crippen molar-refractivity contribution in [2.24, 2.45) is 5.73 Å². The van der Waals surface area contributed by atoms with Crippen molar-refractivity contribution in [2.75, 3.05) is 0 Å². The lowest BCUT2D eigenvalue weighted by molar-refractivity contribution is 0.111. The number of hydrogen-bond acceptors (Lipinski definition) is 5. The van der Waals surface area contributed by atoms with Gasteiger partial charge in [-0.15, -0.1) is 0 Å². The number of nitrogens with zero attached hydrogens (tertiary/aromatic N) is 2. The molecule has 2 heterocycles. The van der Waals surface area contributed by atoms with E-state index in [4.69, 9.17) is 5.73 Å². The second-order valence-electron chi connectivity index (χ2n) is 6.47. The van der Waals surface area contributed by atoms with E-state index in [1.165, 1.54) is 11.1 Å². The third kappa shape index (κ3) is 10.6. The molecule has 2 aromatic carbocycles. The molecule has 31 heavy (non-hydrogen) atoms. The summed E-state index contributed by atoms with van der Waals surface area (Å²) in [6.45, 7) is 2.34. The molecule has 0 aliphatic heterocycles. The zero-order valence-corrected chi connectivity index (χ0v) is 17.5. The zero-order valence-electron chi connectivity index (χ0n) is 17.5. The topological polar surface area (TPSA) is 80.9 Å². The minimum Gasteiger partial charge on any atom is -0.326 e. The lowest BCUT2D eigenvalue weighted by atomic mass is 10.2. The Kier molecular flexibility index (Phi) is 11.6. The molecule has 3 N–H and O–H groups in total. The summed E-state index contributed by atoms with van der Waals surface area (Å²) in [5.74, 6) is 0. The standard InChI is InChI=1S/C13H14N2.C7H9N.C6H5NO/c1-2-6-12(7-3-1)10-14-11-13-8-4-5-9-15-13;8-6-7-4-2-1-3-5-7;8-5-6-3-1-2-4-7-6/h1-9,14H,10-11H2;1-5H,6,8H2;1-5H. The number of pyridine rings is 2. The van der Waals surface area contributed by atoms with E-state index < -0.39 is 0 Å². The van der Waals surface area contributed by atoms with Gasteiger partial charge in [-0.2, -0.15) is 0 Å². The summed E-state index contributed by atoms with van der Waals surface area (Å²) < 4.78 is 0. The molecule has 0 atom stereocenters. The Bertz CT molecular complexity index is 910. The van der Waals surface area contributed by atoms with Gasteiger partial charge in [0.1, 0.15) is 5.69 Å². The van der Waals surface area contributed by atoms with Crippen molar-refractivity contribution in [3.63, 3.8) is 0 Å². The molecule has 0 amide bonds. The normalized spacial score (nSPS) is 9.45. The van der Waals surface area contributed by atoms with E-state index in [1.54, 1.807) is 24.4 Å². The third-order valence-corrected chi connectivity index (χ3v) is 4.09. The Morgan fingerprint density at radius 3 is 1.71 bits per heavy atom. The number of benzene rings is 2. The van der Waals surface area contributed by atoms with Crippen LogP contribution in [0.25, 0.3) is 0 Å². The van der Waals surface area contributed by atoms with Crippen LogP contribution in [0.3, 0.4) is 0 Å². The smallest absolute Gasteiger partial charge is 0.168 e. The van der Waals surface area contributed by atoms with Crippen LogP contribution < -0.4 is 11.1 Å². The second kappa shape index (κ2) is 15.2. The highest BCUT2D eigenvalue weighted by atomic mass is 16.1. The highest BCUT2D eigenvalue weighted by Gasteiger charge is 1.93. The highest BCUT2D eigenvalue weighted by molar-refractivity contribution is 5.71. The van der Waals surface area contributed by atoms with E-state index in [2.05, 4.69) is 39.6 Å². The van der Waals surface area contributed by atoms with Crippen molar-refractivity contribution in [1.82, 2.24) is 15.3 Å². The van der Waals surface area contributed by atoms with Crippen molar-refractivity contribution < 1.29 is 4.79 Å². The summed E-state index contributed by atoms with van der Waals surface area (Å²) in [6, 6.07) is 31.5. The molecule has 158 valence electrons. The van der Waals surface area contributed by atoms with Crippen LogP contribution in [0.5, 0.6) is 0 Å². The minimum absolute atomic E-state index is 0.479. The molecular formula is C26H28N4O. The first-order valence-electron chi connectivity index (χ1n) is 10.1. The quantitative estimate of drug-likeness (QED) is 0.459. The van der Waals surface area contributed by atoms with E-state index in [0.29, 0.717) is 12.2 Å². The molecular weight excluding hydrogens is 384 g/mol. The maximum atomic E-state index is 9.94. The molecule has 5 nitrogen and oxygen atoms in total. The second-order valence-corrected chi connectivity index (χ2v) is 6.47. The summed E-state index contributed by atoms with van der Waals surface area (Å²) in [7, 11) is 0. The van der Waals surface area contributed by atoms with Crippen LogP contribution in [0.2, 0.25) is 0 Å². The van der Waals surface area contributed by atoms with Gasteiger partial charge in [-0.05, 0) is 35.4 Å². The van der Waals surface area contributed by atoms with Crippen LogP contribution >= 0.6 is 0 Å². The Balaban J connectivity index is 0.000000181. The van der Waals surface area contributed by atoms with E-state index in [-0.39, 0.29) is 0 Å². The molecule has 2 aromatic heterocycles. The molecule has 0 spiro atoms. The fourth-order valence-electron chi connectivity index (χ4n) is 2.49. The van der Waals surface area contributed by atoms with Gasteiger partial charge in [0, 0.05) is 32.0 Å². The number of hydrogen-bond donors (Lipinski definition) is 2. The number of aldehydes is 1. The van der Waals surface area contributed by atoms with Gasteiger partial charge < -0.3 is 11.1 Å². The molecule has 0 radical (unpaired) electrons. The van der Waals surface area contributed by atoms with E-state index >= 15 is 0 Å². The first-order valence-corrected chi connectivity index (χ1v) is 10.1. The van der Waals surface area contributed by atoms with Crippen molar-refractivity contribution >= 4 is 6.29 Å². The Morgan fingerprint density at radius 1 is 0.677 bits per heavy atom. The van der Waals surface area contributed by atoms with Crippen LogP contribution in [0.4, 0.5) is 0 Å². The Morgan fingerprint density at radius 2 is 1.26 bits per heavy atom. The van der Waals surface area contributed by atoms with Crippen molar-refractivity contribution in [3.8, 4) is 0 Å². The van der Waals surface area contributed by atoms with Gasteiger partial charge in [-0.1, -0.05) is 72.8 Å². The van der Waals surface area contributed by atoms with Crippen LogP contribution in [-0.4, -0.2) is 16.3 Å². The van der Waals surface area contributed by atoms with Gasteiger partial charge in [-0.25, -0.2) is 0 Å². The highest BCUT2D eigenvalue weighted by Crippen LogP contribution is 1.99. The summed E-state index contributed by atoms with van der Waals surface area (Å²) >= 11 is 0. The van der Waals surface area contributed by atoms with Crippen molar-refractivity contribution in [1.29, 1.82) is 0 Å². The van der Waals surface area contributed by atoms with Crippen molar-refractivity contribution in [3.05, 3.63) is 132 Å². The lowest BCUT2D eigenvalue weighted by Crippen LogP contribution is -2.13. The van der Waals surface area contributed by atoms with Gasteiger partial charge in [0.2, 0.25) is 0 Å². The molecule has 0 bridgehead atoms. The molecule has 0 saturated carbocycles. The summed E-state index contributed by atoms with van der Waals surface area (Å²) in [5, 5.41) is 3.36. The Labute approximate surface area is 184 Å². The van der Waals surface area contributed by atoms with E-state index in [0.717, 1.165) is 25.1 Å². The van der Waals surface area contributed by atoms with E-state index in [9.17, 15) is 4.79 Å². The molecule has 0 fully saturated rings. The van der Waals surface area contributed by atoms with E-state index in [1.807, 2.05) is 60.8 Å². The molecule has 5 heteroatoms. The van der Waals surface area contributed by atoms with Crippen LogP contribution in [-0.2, 0) is 19.6 Å². The summed E-state index contributed by atoms with van der Waals surface area (Å²) in [5.41, 5.74) is 9.39. The average molecular weight is 413 g/mol. The molecule has 0 aliphatic carbocycles. The number of nitrogens with one attached hydrogen (secondary N) is 1. The number of aromatic nitrogens is 2. The maximum absolute atomic E-state index is 9.94. The number of nitrogens with two attached hydrogens (primary N) is 1. The van der Waals surface area contributed by atoms with Gasteiger partial charge in [0.25, 0.3) is 0 Å². The Hall–Kier alpha value is -3.67.